The number of aryl methyl sites for hydroxylation is 1. The van der Waals surface area contributed by atoms with Gasteiger partial charge in [-0.3, -0.25) is 9.69 Å². The highest BCUT2D eigenvalue weighted by Crippen LogP contribution is 2.29. The number of methoxy groups -OCH3 is 1. The van der Waals surface area contributed by atoms with Gasteiger partial charge in [0.15, 0.2) is 0 Å². The number of ether oxygens (including phenoxy) is 1. The fourth-order valence-corrected chi connectivity index (χ4v) is 3.62. The lowest BCUT2D eigenvalue weighted by Crippen LogP contribution is -2.33. The van der Waals surface area contributed by atoms with Crippen molar-refractivity contribution in [3.8, 4) is 16.9 Å². The lowest BCUT2D eigenvalue weighted by Gasteiger charge is -2.28. The highest BCUT2D eigenvalue weighted by molar-refractivity contribution is 5.70. The van der Waals surface area contributed by atoms with E-state index in [1.807, 2.05) is 18.2 Å². The van der Waals surface area contributed by atoms with Gasteiger partial charge in [-0.25, -0.2) is 4.68 Å². The first-order valence-electron chi connectivity index (χ1n) is 9.15. The van der Waals surface area contributed by atoms with Crippen LogP contribution < -0.4 is 10.3 Å². The van der Waals surface area contributed by atoms with E-state index in [1.165, 1.54) is 10.2 Å². The summed E-state index contributed by atoms with van der Waals surface area (Å²) >= 11 is 0. The van der Waals surface area contributed by atoms with Crippen LogP contribution in [0.2, 0.25) is 0 Å². The second-order valence-electron chi connectivity index (χ2n) is 6.94. The Balaban J connectivity index is 1.49. The molecule has 3 aromatic rings. The van der Waals surface area contributed by atoms with Crippen molar-refractivity contribution in [1.29, 1.82) is 0 Å². The Hall–Kier alpha value is -2.92. The molecule has 2 heterocycles. The molecule has 0 radical (unpaired) electrons. The number of benzene rings is 2. The van der Waals surface area contributed by atoms with Crippen LogP contribution in [0.15, 0.2) is 59.4 Å². The molecule has 0 unspecified atom stereocenters. The van der Waals surface area contributed by atoms with Gasteiger partial charge in [-0.05, 0) is 22.8 Å². The van der Waals surface area contributed by atoms with E-state index in [-0.39, 0.29) is 5.56 Å². The molecule has 0 saturated carbocycles. The molecule has 0 N–H and O–H groups in total. The first-order valence-corrected chi connectivity index (χ1v) is 9.15. The molecule has 1 aliphatic heterocycles. The van der Waals surface area contributed by atoms with Gasteiger partial charge in [0.05, 0.1) is 12.8 Å². The molecule has 1 aliphatic rings. The molecule has 5 nitrogen and oxygen atoms in total. The third kappa shape index (κ3) is 3.64. The minimum atomic E-state index is -0.0447. The van der Waals surface area contributed by atoms with Crippen molar-refractivity contribution in [2.45, 2.75) is 19.5 Å². The van der Waals surface area contributed by atoms with Crippen LogP contribution in [0.4, 0.5) is 0 Å². The van der Waals surface area contributed by atoms with Crippen LogP contribution in [0.5, 0.6) is 5.75 Å². The SMILES string of the molecule is COc1ccccc1-c1ccc(CN2CCc3nn(C)c(=O)cc3C2)cc1. The summed E-state index contributed by atoms with van der Waals surface area (Å²) in [7, 11) is 3.40. The summed E-state index contributed by atoms with van der Waals surface area (Å²) in [5.74, 6) is 0.881. The van der Waals surface area contributed by atoms with Gasteiger partial charge in [0.25, 0.3) is 5.56 Å². The number of fused-ring (bicyclic) bond motifs is 1. The van der Waals surface area contributed by atoms with E-state index in [2.05, 4.69) is 40.3 Å². The molecule has 5 heteroatoms. The molecule has 0 atom stereocenters. The average molecular weight is 361 g/mol. The van der Waals surface area contributed by atoms with Gasteiger partial charge >= 0.3 is 0 Å². The Morgan fingerprint density at radius 3 is 2.67 bits per heavy atom. The molecule has 4 rings (SSSR count). The van der Waals surface area contributed by atoms with Gasteiger partial charge in [-0.1, -0.05) is 42.5 Å². The second-order valence-corrected chi connectivity index (χ2v) is 6.94. The van der Waals surface area contributed by atoms with Crippen LogP contribution in [-0.2, 0) is 26.6 Å². The van der Waals surface area contributed by atoms with Crippen molar-refractivity contribution >= 4 is 0 Å². The van der Waals surface area contributed by atoms with Gasteiger partial charge in [0.2, 0.25) is 0 Å². The Morgan fingerprint density at radius 1 is 1.11 bits per heavy atom. The number of hydrogen-bond donors (Lipinski definition) is 0. The van der Waals surface area contributed by atoms with E-state index >= 15 is 0 Å². The number of aromatic nitrogens is 2. The van der Waals surface area contributed by atoms with Gasteiger partial charge in [-0.2, -0.15) is 5.10 Å². The van der Waals surface area contributed by atoms with Crippen LogP contribution in [0.1, 0.15) is 16.8 Å². The van der Waals surface area contributed by atoms with Crippen LogP contribution >= 0.6 is 0 Å². The lowest BCUT2D eigenvalue weighted by molar-refractivity contribution is 0.241. The molecular formula is C22H23N3O2. The molecule has 0 spiro atoms. The number of hydrogen-bond acceptors (Lipinski definition) is 4. The average Bonchev–Trinajstić information content (AvgIpc) is 2.70. The number of rotatable bonds is 4. The van der Waals surface area contributed by atoms with Crippen molar-refractivity contribution in [1.82, 2.24) is 14.7 Å². The van der Waals surface area contributed by atoms with Gasteiger partial charge < -0.3 is 4.74 Å². The molecule has 0 amide bonds. The molecular weight excluding hydrogens is 338 g/mol. The Morgan fingerprint density at radius 2 is 1.89 bits per heavy atom. The molecule has 0 bridgehead atoms. The predicted molar refractivity (Wildman–Crippen MR) is 106 cm³/mol. The first kappa shape index (κ1) is 17.5. The normalized spacial score (nSPS) is 14.0. The standard InChI is InChI=1S/C22H23N3O2/c1-24-22(26)13-18-15-25(12-11-20(18)23-24)14-16-7-9-17(10-8-16)19-5-3-4-6-21(19)27-2/h3-10,13H,11-12,14-15H2,1-2H3. The van der Waals surface area contributed by atoms with Crippen LogP contribution in [0, 0.1) is 0 Å². The fraction of sp³-hybridized carbons (Fsp3) is 0.273. The Kier molecular flexibility index (Phi) is 4.77. The van der Waals surface area contributed by atoms with Gasteiger partial charge in [0, 0.05) is 44.7 Å². The molecule has 2 aromatic carbocycles. The van der Waals surface area contributed by atoms with E-state index in [9.17, 15) is 4.79 Å². The molecule has 0 fully saturated rings. The molecule has 0 aliphatic carbocycles. The molecule has 1 aromatic heterocycles. The highest BCUT2D eigenvalue weighted by Gasteiger charge is 2.18. The van der Waals surface area contributed by atoms with Crippen molar-refractivity contribution < 1.29 is 4.74 Å². The summed E-state index contributed by atoms with van der Waals surface area (Å²) in [4.78, 5) is 14.2. The van der Waals surface area contributed by atoms with E-state index in [0.29, 0.717) is 0 Å². The van der Waals surface area contributed by atoms with Gasteiger partial charge in [0.1, 0.15) is 5.75 Å². The smallest absolute Gasteiger partial charge is 0.266 e. The molecule has 0 saturated heterocycles. The minimum absolute atomic E-state index is 0.0447. The quantitative estimate of drug-likeness (QED) is 0.717. The van der Waals surface area contributed by atoms with Crippen molar-refractivity contribution in [2.24, 2.45) is 7.05 Å². The zero-order valence-electron chi connectivity index (χ0n) is 15.7. The maximum Gasteiger partial charge on any atom is 0.266 e. The summed E-state index contributed by atoms with van der Waals surface area (Å²) in [6.45, 7) is 2.58. The predicted octanol–water partition coefficient (Wildman–Crippen LogP) is 3.01. The summed E-state index contributed by atoms with van der Waals surface area (Å²) in [5.41, 5.74) is 5.55. The number of nitrogens with zero attached hydrogens (tertiary/aromatic N) is 3. The zero-order chi connectivity index (χ0) is 18.8. The third-order valence-corrected chi connectivity index (χ3v) is 5.09. The second kappa shape index (κ2) is 7.37. The summed E-state index contributed by atoms with van der Waals surface area (Å²) in [5, 5.41) is 4.38. The largest absolute Gasteiger partial charge is 0.496 e. The van der Waals surface area contributed by atoms with Crippen LogP contribution in [0.25, 0.3) is 11.1 Å². The van der Waals surface area contributed by atoms with E-state index < -0.39 is 0 Å². The van der Waals surface area contributed by atoms with E-state index in [1.54, 1.807) is 20.2 Å². The van der Waals surface area contributed by atoms with Crippen LogP contribution in [-0.4, -0.2) is 28.3 Å². The maximum atomic E-state index is 11.9. The van der Waals surface area contributed by atoms with E-state index in [0.717, 1.165) is 54.2 Å². The van der Waals surface area contributed by atoms with Crippen molar-refractivity contribution in [2.75, 3.05) is 13.7 Å². The Labute approximate surface area is 158 Å². The Bertz CT molecular complexity index is 1010. The summed E-state index contributed by atoms with van der Waals surface area (Å²) in [6.07, 6.45) is 0.878. The van der Waals surface area contributed by atoms with Crippen molar-refractivity contribution in [3.63, 3.8) is 0 Å². The number of para-hydroxylation sites is 1. The summed E-state index contributed by atoms with van der Waals surface area (Å²) in [6, 6.07) is 18.4. The monoisotopic (exact) mass is 361 g/mol. The van der Waals surface area contributed by atoms with Crippen LogP contribution in [0.3, 0.4) is 0 Å². The zero-order valence-corrected chi connectivity index (χ0v) is 15.7. The maximum absolute atomic E-state index is 11.9. The third-order valence-electron chi connectivity index (χ3n) is 5.09. The topological polar surface area (TPSA) is 47.4 Å². The summed E-state index contributed by atoms with van der Waals surface area (Å²) < 4.78 is 6.88. The minimum Gasteiger partial charge on any atom is -0.496 e. The molecule has 138 valence electrons. The lowest BCUT2D eigenvalue weighted by atomic mass is 10.0. The van der Waals surface area contributed by atoms with Gasteiger partial charge in [-0.15, -0.1) is 0 Å². The highest BCUT2D eigenvalue weighted by atomic mass is 16.5. The molecule has 27 heavy (non-hydrogen) atoms. The first-order chi connectivity index (χ1) is 13.1. The fourth-order valence-electron chi connectivity index (χ4n) is 3.62. The van der Waals surface area contributed by atoms with E-state index in [4.69, 9.17) is 4.74 Å². The van der Waals surface area contributed by atoms with Crippen molar-refractivity contribution in [3.05, 3.63) is 81.8 Å².